The zero-order chi connectivity index (χ0) is 15.8. The van der Waals surface area contributed by atoms with E-state index in [0.717, 1.165) is 5.92 Å². The Morgan fingerprint density at radius 2 is 1.82 bits per heavy atom. The van der Waals surface area contributed by atoms with Crippen molar-refractivity contribution in [3.8, 4) is 0 Å². The van der Waals surface area contributed by atoms with Gasteiger partial charge in [-0.2, -0.15) is 0 Å². The van der Waals surface area contributed by atoms with Gasteiger partial charge in [0.2, 0.25) is 0 Å². The van der Waals surface area contributed by atoms with E-state index in [4.69, 9.17) is 0 Å². The molecule has 1 aliphatic carbocycles. The second-order valence-corrected chi connectivity index (χ2v) is 6.50. The SMILES string of the molecule is CCCCC[C@H]1CC[C@H](/C=C/[CH]c2ccc(F)c(F)c2)CC1. The molecular weight excluding hydrogens is 278 g/mol. The number of unbranched alkanes of at least 4 members (excludes halogenated alkanes) is 2. The summed E-state index contributed by atoms with van der Waals surface area (Å²) >= 11 is 0. The van der Waals surface area contributed by atoms with Gasteiger partial charge in [-0.15, -0.1) is 0 Å². The Balaban J connectivity index is 1.70. The fourth-order valence-corrected chi connectivity index (χ4v) is 3.29. The van der Waals surface area contributed by atoms with E-state index >= 15 is 0 Å². The summed E-state index contributed by atoms with van der Waals surface area (Å²) in [6, 6.07) is 4.02. The second kappa shape index (κ2) is 9.07. The molecule has 0 unspecified atom stereocenters. The molecule has 1 aliphatic rings. The van der Waals surface area contributed by atoms with Crippen LogP contribution >= 0.6 is 0 Å². The van der Waals surface area contributed by atoms with E-state index in [-0.39, 0.29) is 0 Å². The van der Waals surface area contributed by atoms with Crippen molar-refractivity contribution in [3.05, 3.63) is 54.0 Å². The van der Waals surface area contributed by atoms with E-state index in [1.807, 2.05) is 12.5 Å². The highest BCUT2D eigenvalue weighted by Crippen LogP contribution is 2.32. The minimum Gasteiger partial charge on any atom is -0.204 e. The number of hydrogen-bond donors (Lipinski definition) is 0. The summed E-state index contributed by atoms with van der Waals surface area (Å²) in [7, 11) is 0. The molecule has 2 rings (SSSR count). The van der Waals surface area contributed by atoms with Crippen molar-refractivity contribution in [1.82, 2.24) is 0 Å². The first-order valence-electron chi connectivity index (χ1n) is 8.65. The molecule has 0 aliphatic heterocycles. The van der Waals surface area contributed by atoms with Crippen LogP contribution in [0.5, 0.6) is 0 Å². The van der Waals surface area contributed by atoms with Gasteiger partial charge in [0.1, 0.15) is 0 Å². The standard InChI is InChI=1S/C20H27F2/c1-2-3-4-6-16-9-11-17(12-10-16)7-5-8-18-13-14-19(21)20(22)15-18/h5,7-8,13-17H,2-4,6,9-12H2,1H3/b7-5+/t16-,17-. The topological polar surface area (TPSA) is 0 Å². The van der Waals surface area contributed by atoms with E-state index in [2.05, 4.69) is 13.0 Å². The molecule has 0 saturated heterocycles. The average molecular weight is 305 g/mol. The van der Waals surface area contributed by atoms with E-state index in [1.54, 1.807) is 6.07 Å². The molecule has 1 aromatic rings. The van der Waals surface area contributed by atoms with Crippen LogP contribution in [0.1, 0.15) is 63.9 Å². The van der Waals surface area contributed by atoms with Gasteiger partial charge in [0, 0.05) is 6.42 Å². The lowest BCUT2D eigenvalue weighted by atomic mass is 9.79. The predicted molar refractivity (Wildman–Crippen MR) is 88.5 cm³/mol. The Bertz CT molecular complexity index is 471. The molecule has 1 aromatic carbocycles. The average Bonchev–Trinajstić information content (AvgIpc) is 2.53. The summed E-state index contributed by atoms with van der Waals surface area (Å²) in [5.74, 6) is -0.00685. The maximum atomic E-state index is 13.1. The molecule has 1 saturated carbocycles. The summed E-state index contributed by atoms with van der Waals surface area (Å²) < 4.78 is 26.0. The highest BCUT2D eigenvalue weighted by Gasteiger charge is 2.18. The van der Waals surface area contributed by atoms with E-state index in [0.29, 0.717) is 11.5 Å². The number of benzene rings is 1. The van der Waals surface area contributed by atoms with Gasteiger partial charge in [0.15, 0.2) is 11.6 Å². The fraction of sp³-hybridized carbons (Fsp3) is 0.550. The number of halogens is 2. The van der Waals surface area contributed by atoms with Gasteiger partial charge in [-0.25, -0.2) is 8.78 Å². The molecule has 0 N–H and O–H groups in total. The normalized spacial score (nSPS) is 22.3. The molecule has 1 radical (unpaired) electrons. The van der Waals surface area contributed by atoms with Crippen LogP contribution in [0.3, 0.4) is 0 Å². The molecule has 0 bridgehead atoms. The third kappa shape index (κ3) is 5.55. The van der Waals surface area contributed by atoms with Crippen LogP contribution in [-0.2, 0) is 0 Å². The van der Waals surface area contributed by atoms with Gasteiger partial charge < -0.3 is 0 Å². The van der Waals surface area contributed by atoms with Gasteiger partial charge in [0.25, 0.3) is 0 Å². The Labute approximate surface area is 133 Å². The molecule has 0 spiro atoms. The molecule has 2 heteroatoms. The lowest BCUT2D eigenvalue weighted by Crippen LogP contribution is -2.13. The van der Waals surface area contributed by atoms with Gasteiger partial charge in [0.05, 0.1) is 0 Å². The summed E-state index contributed by atoms with van der Waals surface area (Å²) in [5.41, 5.74) is 0.711. The van der Waals surface area contributed by atoms with E-state index < -0.39 is 11.6 Å². The lowest BCUT2D eigenvalue weighted by Gasteiger charge is -2.26. The van der Waals surface area contributed by atoms with Gasteiger partial charge >= 0.3 is 0 Å². The lowest BCUT2D eigenvalue weighted by molar-refractivity contribution is 0.289. The molecule has 0 heterocycles. The molecule has 121 valence electrons. The Hall–Kier alpha value is -1.18. The molecule has 1 fully saturated rings. The molecule has 0 nitrogen and oxygen atoms in total. The van der Waals surface area contributed by atoms with Crippen LogP contribution in [0.25, 0.3) is 0 Å². The van der Waals surface area contributed by atoms with Crippen LogP contribution in [-0.4, -0.2) is 0 Å². The van der Waals surface area contributed by atoms with Gasteiger partial charge in [-0.05, 0) is 55.2 Å². The quantitative estimate of drug-likeness (QED) is 0.507. The van der Waals surface area contributed by atoms with E-state index in [1.165, 1.54) is 63.5 Å². The summed E-state index contributed by atoms with van der Waals surface area (Å²) in [4.78, 5) is 0. The number of hydrogen-bond acceptors (Lipinski definition) is 0. The van der Waals surface area contributed by atoms with Crippen LogP contribution in [0.4, 0.5) is 8.78 Å². The minimum absolute atomic E-state index is 0.643. The Morgan fingerprint density at radius 3 is 2.50 bits per heavy atom. The Morgan fingerprint density at radius 1 is 1.05 bits per heavy atom. The smallest absolute Gasteiger partial charge is 0.159 e. The largest absolute Gasteiger partial charge is 0.204 e. The molecular formula is C20H27F2. The molecule has 0 aromatic heterocycles. The predicted octanol–water partition coefficient (Wildman–Crippen LogP) is 6.46. The van der Waals surface area contributed by atoms with Gasteiger partial charge in [-0.1, -0.05) is 50.8 Å². The van der Waals surface area contributed by atoms with Crippen LogP contribution in [0, 0.1) is 29.9 Å². The van der Waals surface area contributed by atoms with Gasteiger partial charge in [-0.3, -0.25) is 0 Å². The first kappa shape index (κ1) is 17.2. The Kier molecular flexibility index (Phi) is 7.08. The third-order valence-corrected chi connectivity index (χ3v) is 4.72. The first-order valence-corrected chi connectivity index (χ1v) is 8.65. The first-order chi connectivity index (χ1) is 10.7. The number of rotatable bonds is 7. The van der Waals surface area contributed by atoms with Crippen molar-refractivity contribution in [3.63, 3.8) is 0 Å². The van der Waals surface area contributed by atoms with Crippen LogP contribution in [0.2, 0.25) is 0 Å². The summed E-state index contributed by atoms with van der Waals surface area (Å²) in [6.07, 6.45) is 16.7. The molecule has 0 amide bonds. The van der Waals surface area contributed by atoms with Crippen molar-refractivity contribution in [2.24, 2.45) is 11.8 Å². The highest BCUT2D eigenvalue weighted by molar-refractivity contribution is 5.29. The number of allylic oxidation sites excluding steroid dienone is 2. The maximum absolute atomic E-state index is 13.1. The second-order valence-electron chi connectivity index (χ2n) is 6.50. The van der Waals surface area contributed by atoms with Crippen molar-refractivity contribution in [2.45, 2.75) is 58.3 Å². The van der Waals surface area contributed by atoms with Crippen molar-refractivity contribution in [1.29, 1.82) is 0 Å². The van der Waals surface area contributed by atoms with E-state index in [9.17, 15) is 8.78 Å². The zero-order valence-electron chi connectivity index (χ0n) is 13.5. The zero-order valence-corrected chi connectivity index (χ0v) is 13.5. The highest BCUT2D eigenvalue weighted by atomic mass is 19.2. The molecule has 22 heavy (non-hydrogen) atoms. The third-order valence-electron chi connectivity index (χ3n) is 4.72. The minimum atomic E-state index is -0.789. The van der Waals surface area contributed by atoms with Crippen molar-refractivity contribution >= 4 is 0 Å². The van der Waals surface area contributed by atoms with Crippen molar-refractivity contribution in [2.75, 3.05) is 0 Å². The fourth-order valence-electron chi connectivity index (χ4n) is 3.29. The maximum Gasteiger partial charge on any atom is 0.159 e. The molecule has 0 atom stereocenters. The summed E-state index contributed by atoms with van der Waals surface area (Å²) in [6.45, 7) is 2.26. The van der Waals surface area contributed by atoms with Crippen LogP contribution in [0.15, 0.2) is 30.4 Å². The monoisotopic (exact) mass is 305 g/mol. The van der Waals surface area contributed by atoms with Crippen molar-refractivity contribution < 1.29 is 8.78 Å². The van der Waals surface area contributed by atoms with Crippen LogP contribution < -0.4 is 0 Å². The summed E-state index contributed by atoms with van der Waals surface area (Å²) in [5, 5.41) is 0.